The zero-order chi connectivity index (χ0) is 25.9. The largest absolute Gasteiger partial charge is 0.314 e. The first-order valence-corrected chi connectivity index (χ1v) is 25.4. The summed E-state index contributed by atoms with van der Waals surface area (Å²) in [5.74, 6) is 0. The van der Waals surface area contributed by atoms with Crippen LogP contribution in [0.3, 0.4) is 0 Å². The number of nitrogens with one attached hydrogen (secondary N) is 6. The Bertz CT molecular complexity index is 402. The minimum Gasteiger partial charge on any atom is -0.314 e. The zero-order valence-corrected chi connectivity index (χ0v) is 33.6. The fraction of sp³-hybridized carbons (Fsp3) is 1.00. The Morgan fingerprint density at radius 3 is 0.706 bits per heavy atom. The number of hydrogen-bond acceptors (Lipinski definition) is 7. The van der Waals surface area contributed by atoms with E-state index in [1.165, 1.54) is 86.3 Å². The summed E-state index contributed by atoms with van der Waals surface area (Å²) in [6.45, 7) is 20.6. The topological polar surface area (TPSA) is 75.4 Å². The molecule has 0 saturated heterocycles. The van der Waals surface area contributed by atoms with Crippen molar-refractivity contribution in [1.82, 2.24) is 33.8 Å². The molecule has 0 aromatic carbocycles. The Balaban J connectivity index is 7.18. The second-order valence-corrected chi connectivity index (χ2v) is 28.0. The lowest BCUT2D eigenvalue weighted by atomic mass is 10.5. The van der Waals surface area contributed by atoms with Crippen molar-refractivity contribution >= 4 is 56.4 Å². The lowest BCUT2D eigenvalue weighted by molar-refractivity contribution is 0.591. The third-order valence-corrected chi connectivity index (χ3v) is 33.1. The van der Waals surface area contributed by atoms with Gasteiger partial charge in [-0.25, -0.2) is 0 Å². The summed E-state index contributed by atoms with van der Waals surface area (Å²) in [5.41, 5.74) is 3.97. The van der Waals surface area contributed by atoms with Crippen LogP contribution in [0.2, 0.25) is 17.0 Å². The second-order valence-electron chi connectivity index (χ2n) is 9.54. The smallest absolute Gasteiger partial charge is 0.271 e. The summed E-state index contributed by atoms with van der Waals surface area (Å²) in [4.78, 5) is 25.7. The van der Waals surface area contributed by atoms with E-state index in [1.807, 2.05) is 0 Å². The molecule has 0 atom stereocenters. The van der Waals surface area contributed by atoms with Gasteiger partial charge >= 0.3 is 0 Å². The van der Waals surface area contributed by atoms with Crippen LogP contribution in [0.4, 0.5) is 0 Å². The maximum absolute atomic E-state index is 4.28. The maximum Gasteiger partial charge on any atom is 0.271 e. The number of nitrogens with zero attached hydrogens (tertiary/aromatic N) is 1. The average Bonchev–Trinajstić information content (AvgIpc) is 2.88. The number of rotatable bonds is 24. The highest BCUT2D eigenvalue weighted by atomic mass is 28.5. The third-order valence-electron chi connectivity index (χ3n) is 6.68. The molecule has 0 aromatic heterocycles. The van der Waals surface area contributed by atoms with E-state index in [0.29, 0.717) is 0 Å². The van der Waals surface area contributed by atoms with Crippen LogP contribution < -0.4 is 29.9 Å². The standard InChI is InChI=1S/C21H63N7Si6/c1-7-13-22-32(19-29,23-14-8-2)28(33(20-30,24-15-9-3)25-16-10-4)34(21-31,26-17-11-5)27-18-12-6/h22-27H,7-21H2,1-6,29-31H3. The summed E-state index contributed by atoms with van der Waals surface area (Å²) >= 11 is 0. The molecule has 13 heteroatoms. The molecular weight excluding hydrogens is 519 g/mol. The van der Waals surface area contributed by atoms with E-state index in [4.69, 9.17) is 0 Å². The predicted octanol–water partition coefficient (Wildman–Crippen LogP) is -0.929. The average molecular weight is 582 g/mol. The molecule has 0 radical (unpaired) electrons. The summed E-state index contributed by atoms with van der Waals surface area (Å²) in [7, 11) is -2.76. The van der Waals surface area contributed by atoms with Crippen molar-refractivity contribution in [2.45, 2.75) is 97.1 Å². The van der Waals surface area contributed by atoms with Crippen LogP contribution in [0.5, 0.6) is 0 Å². The van der Waals surface area contributed by atoms with Crippen LogP contribution in [0.15, 0.2) is 0 Å². The third kappa shape index (κ3) is 10.1. The van der Waals surface area contributed by atoms with E-state index in [1.54, 1.807) is 0 Å². The van der Waals surface area contributed by atoms with Gasteiger partial charge in [0, 0.05) is 30.7 Å². The molecule has 0 fully saturated rings. The first-order chi connectivity index (χ1) is 16.4. The molecule has 206 valence electrons. The van der Waals surface area contributed by atoms with Crippen LogP contribution in [0, 0.1) is 0 Å². The summed E-state index contributed by atoms with van der Waals surface area (Å²) in [6, 6.07) is 0. The molecule has 34 heavy (non-hydrogen) atoms. The normalized spacial score (nSPS) is 13.5. The van der Waals surface area contributed by atoms with Gasteiger partial charge < -0.3 is 29.9 Å². The molecule has 0 aliphatic rings. The van der Waals surface area contributed by atoms with E-state index in [0.717, 1.165) is 39.3 Å². The van der Waals surface area contributed by atoms with Gasteiger partial charge in [0.25, 0.3) is 25.7 Å². The fourth-order valence-electron chi connectivity index (χ4n) is 4.85. The van der Waals surface area contributed by atoms with Crippen LogP contribution in [-0.4, -0.2) is 99.6 Å². The molecular formula is C21H63N7Si6. The Labute approximate surface area is 225 Å². The van der Waals surface area contributed by atoms with Crippen LogP contribution >= 0.6 is 0 Å². The van der Waals surface area contributed by atoms with Gasteiger partial charge in [-0.1, -0.05) is 41.5 Å². The molecule has 0 amide bonds. The van der Waals surface area contributed by atoms with Gasteiger partial charge in [-0.05, 0) is 94.8 Å². The molecule has 6 N–H and O–H groups in total. The Morgan fingerprint density at radius 1 is 0.412 bits per heavy atom. The fourth-order valence-corrected chi connectivity index (χ4v) is 39.2. The molecule has 0 aliphatic carbocycles. The van der Waals surface area contributed by atoms with Gasteiger partial charge in [-0.15, -0.1) is 0 Å². The highest BCUT2D eigenvalue weighted by Gasteiger charge is 2.60. The van der Waals surface area contributed by atoms with E-state index in [-0.39, 0.29) is 0 Å². The van der Waals surface area contributed by atoms with Gasteiger partial charge in [0.2, 0.25) is 0 Å². The van der Waals surface area contributed by atoms with Crippen molar-refractivity contribution in [3.63, 3.8) is 0 Å². The van der Waals surface area contributed by atoms with Crippen molar-refractivity contribution in [3.05, 3.63) is 0 Å². The van der Waals surface area contributed by atoms with E-state index >= 15 is 0 Å². The van der Waals surface area contributed by atoms with Gasteiger partial charge in [0.1, 0.15) is 0 Å². The molecule has 0 saturated carbocycles. The van der Waals surface area contributed by atoms with Gasteiger partial charge in [0.05, 0.1) is 0 Å². The van der Waals surface area contributed by atoms with Crippen molar-refractivity contribution in [1.29, 1.82) is 0 Å². The minimum absolute atomic E-state index is 1.11. The van der Waals surface area contributed by atoms with Gasteiger partial charge in [-0.3, -0.25) is 3.90 Å². The van der Waals surface area contributed by atoms with Crippen LogP contribution in [0.25, 0.3) is 0 Å². The van der Waals surface area contributed by atoms with Crippen molar-refractivity contribution in [2.75, 3.05) is 39.3 Å². The number of hydrogen-bond donors (Lipinski definition) is 6. The lowest BCUT2D eigenvalue weighted by Crippen LogP contribution is -2.96. The monoisotopic (exact) mass is 581 g/mol. The maximum atomic E-state index is 4.28. The molecule has 0 rings (SSSR count). The van der Waals surface area contributed by atoms with Gasteiger partial charge in [-0.2, -0.15) is 0 Å². The highest BCUT2D eigenvalue weighted by Crippen LogP contribution is 2.25. The first-order valence-electron chi connectivity index (χ1n) is 14.7. The van der Waals surface area contributed by atoms with Gasteiger partial charge in [0.15, 0.2) is 0 Å². The quantitative estimate of drug-likeness (QED) is 0.0823. The Kier molecular flexibility index (Phi) is 20.6. The molecule has 7 nitrogen and oxygen atoms in total. The Morgan fingerprint density at radius 2 is 0.588 bits per heavy atom. The molecule has 0 bridgehead atoms. The molecule has 0 heterocycles. The van der Waals surface area contributed by atoms with E-state index in [9.17, 15) is 0 Å². The molecule has 0 unspecified atom stereocenters. The predicted molar refractivity (Wildman–Crippen MR) is 173 cm³/mol. The highest BCUT2D eigenvalue weighted by molar-refractivity contribution is 7.05. The summed E-state index contributed by atoms with van der Waals surface area (Å²) in [5, 5.41) is 0. The van der Waals surface area contributed by atoms with Crippen LogP contribution in [0.1, 0.15) is 80.1 Å². The minimum atomic E-state index is -2.14. The molecule has 0 aromatic rings. The lowest BCUT2D eigenvalue weighted by Gasteiger charge is -2.59. The van der Waals surface area contributed by atoms with Crippen molar-refractivity contribution in [2.24, 2.45) is 0 Å². The Hall–Kier alpha value is 1.02. The van der Waals surface area contributed by atoms with Crippen LogP contribution in [-0.2, 0) is 0 Å². The van der Waals surface area contributed by atoms with E-state index < -0.39 is 25.7 Å². The second kappa shape index (κ2) is 20.0. The van der Waals surface area contributed by atoms with E-state index in [2.05, 4.69) is 75.3 Å². The first kappa shape index (κ1) is 35.0. The zero-order valence-electron chi connectivity index (χ0n) is 24.6. The summed E-state index contributed by atoms with van der Waals surface area (Å²) < 4.78 is 3.22. The van der Waals surface area contributed by atoms with Crippen molar-refractivity contribution < 1.29 is 0 Å². The SMILES string of the molecule is CCCN[Si](C[SiH3])(NCCC)N([Si](C[SiH3])(NCCC)NCCC)[Si](C[SiH3])(NCCC)NCCC. The molecule has 0 aliphatic heterocycles. The summed E-state index contributed by atoms with van der Waals surface area (Å²) in [6.07, 6.45) is 7.16. The molecule has 0 spiro atoms. The van der Waals surface area contributed by atoms with Crippen molar-refractivity contribution in [3.8, 4) is 0 Å².